The fourth-order valence-corrected chi connectivity index (χ4v) is 5.52. The second-order valence-electron chi connectivity index (χ2n) is 8.73. The number of para-hydroxylation sites is 1. The smallest absolute Gasteiger partial charge is 0.253 e. The van der Waals surface area contributed by atoms with Gasteiger partial charge in [0.1, 0.15) is 0 Å². The number of hydrogen-bond acceptors (Lipinski definition) is 3. The van der Waals surface area contributed by atoms with Crippen molar-refractivity contribution in [2.45, 2.75) is 57.7 Å². The zero-order chi connectivity index (χ0) is 21.8. The number of amides is 1. The van der Waals surface area contributed by atoms with Crippen molar-refractivity contribution in [3.05, 3.63) is 72.8 Å². The Kier molecular flexibility index (Phi) is 6.77. The Morgan fingerprint density at radius 3 is 2.10 bits per heavy atom. The first-order valence-electron chi connectivity index (χ1n) is 11.8. The van der Waals surface area contributed by atoms with Crippen LogP contribution >= 0.6 is 0 Å². The van der Waals surface area contributed by atoms with Crippen LogP contribution in [0.4, 0.5) is 11.4 Å². The zero-order valence-corrected chi connectivity index (χ0v) is 18.9. The van der Waals surface area contributed by atoms with Crippen molar-refractivity contribution < 1.29 is 4.79 Å². The Balaban J connectivity index is 1.61. The topological polar surface area (TPSA) is 26.8 Å². The number of piperidine rings is 1. The Bertz CT molecular complexity index is 861. The van der Waals surface area contributed by atoms with E-state index in [9.17, 15) is 4.79 Å². The Morgan fingerprint density at radius 2 is 1.55 bits per heavy atom. The maximum Gasteiger partial charge on any atom is 0.253 e. The van der Waals surface area contributed by atoms with Crippen molar-refractivity contribution in [1.82, 2.24) is 9.80 Å². The molecule has 2 unspecified atom stereocenters. The fourth-order valence-electron chi connectivity index (χ4n) is 5.52. The van der Waals surface area contributed by atoms with Crippen LogP contribution in [-0.4, -0.2) is 53.5 Å². The minimum Gasteiger partial charge on any atom is -0.339 e. The zero-order valence-electron chi connectivity index (χ0n) is 18.9. The molecule has 0 spiro atoms. The quantitative estimate of drug-likeness (QED) is 0.532. The number of carbonyl (C=O) groups is 1. The Hall–Kier alpha value is -2.59. The molecule has 2 aliphatic rings. The van der Waals surface area contributed by atoms with Crippen molar-refractivity contribution in [2.75, 3.05) is 24.5 Å². The predicted octanol–water partition coefficient (Wildman–Crippen LogP) is 5.49. The number of fused-ring (bicyclic) bond motifs is 2. The van der Waals surface area contributed by atoms with Crippen molar-refractivity contribution in [1.29, 1.82) is 0 Å². The second kappa shape index (κ2) is 9.69. The van der Waals surface area contributed by atoms with E-state index in [1.54, 1.807) is 0 Å². The van der Waals surface area contributed by atoms with Gasteiger partial charge in [-0.25, -0.2) is 0 Å². The molecule has 4 heteroatoms. The summed E-state index contributed by atoms with van der Waals surface area (Å²) in [5, 5.41) is 0. The van der Waals surface area contributed by atoms with E-state index in [1.807, 2.05) is 37.0 Å². The molecule has 0 N–H and O–H groups in total. The van der Waals surface area contributed by atoms with Crippen LogP contribution in [0.3, 0.4) is 0 Å². The molecule has 2 saturated heterocycles. The molecule has 0 aliphatic carbocycles. The molecule has 2 atom stereocenters. The highest BCUT2D eigenvalue weighted by Gasteiger charge is 2.42. The summed E-state index contributed by atoms with van der Waals surface area (Å²) in [7, 11) is 0. The van der Waals surface area contributed by atoms with Crippen LogP contribution in [0.1, 0.15) is 49.9 Å². The van der Waals surface area contributed by atoms with Crippen LogP contribution in [0.25, 0.3) is 0 Å². The van der Waals surface area contributed by atoms with E-state index in [4.69, 9.17) is 0 Å². The lowest BCUT2D eigenvalue weighted by atomic mass is 9.94. The van der Waals surface area contributed by atoms with Gasteiger partial charge in [-0.05, 0) is 75.9 Å². The highest BCUT2D eigenvalue weighted by Crippen LogP contribution is 2.41. The number of carbonyl (C=O) groups excluding carboxylic acids is 1. The molecule has 0 aromatic heterocycles. The maximum absolute atomic E-state index is 12.8. The average Bonchev–Trinajstić information content (AvgIpc) is 3.03. The highest BCUT2D eigenvalue weighted by atomic mass is 16.2. The molecular formula is C27H35N3O. The number of anilines is 2. The summed E-state index contributed by atoms with van der Waals surface area (Å²) in [6.07, 6.45) is 6.95. The third-order valence-corrected chi connectivity index (χ3v) is 7.04. The lowest BCUT2D eigenvalue weighted by Crippen LogP contribution is -2.49. The number of hydrogen-bond donors (Lipinski definition) is 0. The first-order valence-corrected chi connectivity index (χ1v) is 11.8. The molecule has 2 fully saturated rings. The van der Waals surface area contributed by atoms with Gasteiger partial charge >= 0.3 is 0 Å². The minimum atomic E-state index is 0.110. The number of nitrogens with zero attached hydrogens (tertiary/aromatic N) is 3. The number of benzene rings is 2. The third-order valence-electron chi connectivity index (χ3n) is 7.04. The lowest BCUT2D eigenvalue weighted by Gasteiger charge is -2.44. The summed E-state index contributed by atoms with van der Waals surface area (Å²) in [4.78, 5) is 19.8. The van der Waals surface area contributed by atoms with E-state index in [0.29, 0.717) is 18.1 Å². The van der Waals surface area contributed by atoms with Crippen LogP contribution < -0.4 is 4.90 Å². The van der Waals surface area contributed by atoms with E-state index < -0.39 is 0 Å². The van der Waals surface area contributed by atoms with Crippen LogP contribution in [0.15, 0.2) is 67.3 Å². The average molecular weight is 418 g/mol. The second-order valence-corrected chi connectivity index (χ2v) is 8.73. The fraction of sp³-hybridized carbons (Fsp3) is 0.444. The van der Waals surface area contributed by atoms with Crippen molar-refractivity contribution in [2.24, 2.45) is 0 Å². The van der Waals surface area contributed by atoms with Gasteiger partial charge in [0.05, 0.1) is 0 Å². The van der Waals surface area contributed by atoms with Crippen LogP contribution in [-0.2, 0) is 0 Å². The van der Waals surface area contributed by atoms with Gasteiger partial charge in [-0.2, -0.15) is 0 Å². The third kappa shape index (κ3) is 4.40. The molecule has 4 nitrogen and oxygen atoms in total. The molecule has 2 aliphatic heterocycles. The molecule has 1 amide bonds. The SMILES string of the molecule is C=CCN1C2CCC1CC(N(c1ccccc1)c1ccc(C(=O)N(CC)CC)cc1)C2. The molecule has 31 heavy (non-hydrogen) atoms. The Labute approximate surface area is 187 Å². The van der Waals surface area contributed by atoms with Crippen LogP contribution in [0.5, 0.6) is 0 Å². The Morgan fingerprint density at radius 1 is 0.968 bits per heavy atom. The van der Waals surface area contributed by atoms with Crippen LogP contribution in [0.2, 0.25) is 0 Å². The molecule has 2 aromatic rings. The summed E-state index contributed by atoms with van der Waals surface area (Å²) in [6, 6.07) is 20.7. The minimum absolute atomic E-state index is 0.110. The summed E-state index contributed by atoms with van der Waals surface area (Å²) in [6.45, 7) is 10.5. The van der Waals surface area contributed by atoms with Gasteiger partial charge in [0.15, 0.2) is 0 Å². The van der Waals surface area contributed by atoms with Gasteiger partial charge in [-0.1, -0.05) is 24.3 Å². The molecule has 0 saturated carbocycles. The first kappa shape index (κ1) is 21.6. The monoisotopic (exact) mass is 417 g/mol. The van der Waals surface area contributed by atoms with Gasteiger partial charge in [-0.3, -0.25) is 9.69 Å². The standard InChI is InChI=1S/C27H35N3O/c1-4-18-29-24-16-17-25(29)20-26(19-24)30(22-10-8-7-9-11-22)23-14-12-21(13-15-23)27(31)28(5-2)6-3/h4,7-15,24-26H,1,5-6,16-20H2,2-3H3. The summed E-state index contributed by atoms with van der Waals surface area (Å²) in [5.74, 6) is 0.110. The first-order chi connectivity index (χ1) is 15.2. The highest BCUT2D eigenvalue weighted by molar-refractivity contribution is 5.94. The van der Waals surface area contributed by atoms with E-state index >= 15 is 0 Å². The summed E-state index contributed by atoms with van der Waals surface area (Å²) < 4.78 is 0. The lowest BCUT2D eigenvalue weighted by molar-refractivity contribution is 0.0773. The van der Waals surface area contributed by atoms with Crippen LogP contribution in [0, 0.1) is 0 Å². The van der Waals surface area contributed by atoms with Gasteiger partial charge in [0, 0.05) is 54.7 Å². The molecule has 2 bridgehead atoms. The molecule has 2 aromatic carbocycles. The predicted molar refractivity (Wildman–Crippen MR) is 129 cm³/mol. The van der Waals surface area contributed by atoms with Gasteiger partial charge in [0.25, 0.3) is 5.91 Å². The van der Waals surface area contributed by atoms with E-state index in [-0.39, 0.29) is 5.91 Å². The summed E-state index contributed by atoms with van der Waals surface area (Å²) in [5.41, 5.74) is 3.16. The number of rotatable bonds is 8. The molecule has 2 heterocycles. The van der Waals surface area contributed by atoms with Gasteiger partial charge in [0.2, 0.25) is 0 Å². The van der Waals surface area contributed by atoms with E-state index in [1.165, 1.54) is 37.1 Å². The molecule has 164 valence electrons. The van der Waals surface area contributed by atoms with Gasteiger partial charge in [-0.15, -0.1) is 6.58 Å². The van der Waals surface area contributed by atoms with Crippen molar-refractivity contribution in [3.8, 4) is 0 Å². The maximum atomic E-state index is 12.8. The molecule has 0 radical (unpaired) electrons. The van der Waals surface area contributed by atoms with Crippen molar-refractivity contribution in [3.63, 3.8) is 0 Å². The summed E-state index contributed by atoms with van der Waals surface area (Å²) >= 11 is 0. The molecule has 4 rings (SSSR count). The van der Waals surface area contributed by atoms with Crippen molar-refractivity contribution >= 4 is 17.3 Å². The van der Waals surface area contributed by atoms with E-state index in [0.717, 1.165) is 25.2 Å². The largest absolute Gasteiger partial charge is 0.339 e. The van der Waals surface area contributed by atoms with Gasteiger partial charge < -0.3 is 9.80 Å². The normalized spacial score (nSPS) is 22.8. The van der Waals surface area contributed by atoms with E-state index in [2.05, 4.69) is 58.8 Å². The molecular weight excluding hydrogens is 382 g/mol.